The molecule has 206 valence electrons. The minimum atomic E-state index is 0. The molecule has 2 aliphatic rings. The summed E-state index contributed by atoms with van der Waals surface area (Å²) in [7, 11) is 0. The lowest BCUT2D eigenvalue weighted by Gasteiger charge is -2.46. The van der Waals surface area contributed by atoms with Gasteiger partial charge in [0.15, 0.2) is 0 Å². The maximum Gasteiger partial charge on any atom is 0.141 e. The Balaban J connectivity index is 0.00000160. The Kier molecular flexibility index (Phi) is 12.5. The number of likely N-dealkylation sites (tertiary alicyclic amines) is 1. The first-order valence-electron chi connectivity index (χ1n) is 13.2. The maximum absolute atomic E-state index is 9.14. The summed E-state index contributed by atoms with van der Waals surface area (Å²) in [6.45, 7) is 5.16. The lowest BCUT2D eigenvalue weighted by Crippen LogP contribution is -2.50. The van der Waals surface area contributed by atoms with Crippen molar-refractivity contribution in [2.75, 3.05) is 26.3 Å². The fourth-order valence-electron chi connectivity index (χ4n) is 6.15. The molecule has 1 aliphatic heterocycles. The molecule has 0 amide bonds. The van der Waals surface area contributed by atoms with Crippen molar-refractivity contribution in [3.05, 3.63) is 48.5 Å². The molecule has 1 aliphatic carbocycles. The van der Waals surface area contributed by atoms with Crippen LogP contribution in [0.3, 0.4) is 0 Å². The Bertz CT molecular complexity index is 1090. The van der Waals surface area contributed by atoms with Crippen LogP contribution in [0.2, 0.25) is 0 Å². The molecule has 1 saturated heterocycles. The molecule has 5 rings (SSSR count). The van der Waals surface area contributed by atoms with Crippen LogP contribution in [0.4, 0.5) is 0 Å². The van der Waals surface area contributed by atoms with Gasteiger partial charge in [0.05, 0.1) is 17.6 Å². The summed E-state index contributed by atoms with van der Waals surface area (Å²) in [5, 5.41) is 9.14. The molecule has 2 fully saturated rings. The van der Waals surface area contributed by atoms with E-state index in [-0.39, 0.29) is 43.8 Å². The normalized spacial score (nSPS) is 18.5. The van der Waals surface area contributed by atoms with Gasteiger partial charge in [0.1, 0.15) is 18.2 Å². The third-order valence-corrected chi connectivity index (χ3v) is 8.07. The molecule has 0 atom stereocenters. The van der Waals surface area contributed by atoms with Crippen molar-refractivity contribution in [2.24, 2.45) is 0 Å². The number of ether oxygens (including phenoxy) is 1. The zero-order valence-electron chi connectivity index (χ0n) is 21.8. The number of imidazole rings is 1. The van der Waals surface area contributed by atoms with Crippen LogP contribution in [0.15, 0.2) is 48.5 Å². The highest BCUT2D eigenvalue weighted by Gasteiger charge is 2.35. The molecule has 1 N–H and O–H groups in total. The number of hydrogen-bond donors (Lipinski definition) is 1. The third-order valence-electron chi connectivity index (χ3n) is 8.07. The number of aliphatic hydroxyl groups excluding tert-OH is 1. The Hall–Kier alpha value is -1.50. The van der Waals surface area contributed by atoms with E-state index >= 15 is 0 Å². The van der Waals surface area contributed by atoms with Gasteiger partial charge in [-0.3, -0.25) is 4.90 Å². The van der Waals surface area contributed by atoms with Gasteiger partial charge in [-0.15, -0.1) is 37.2 Å². The fourth-order valence-corrected chi connectivity index (χ4v) is 6.15. The fraction of sp³-hybridized carbons (Fsp3) is 0.552. The van der Waals surface area contributed by atoms with Gasteiger partial charge < -0.3 is 14.4 Å². The van der Waals surface area contributed by atoms with Gasteiger partial charge in [-0.05, 0) is 56.9 Å². The minimum Gasteiger partial charge on any atom is -0.491 e. The molecule has 0 unspecified atom stereocenters. The Morgan fingerprint density at radius 3 is 2.30 bits per heavy atom. The number of para-hydroxylation sites is 2. The van der Waals surface area contributed by atoms with Gasteiger partial charge in [0.2, 0.25) is 0 Å². The Morgan fingerprint density at radius 1 is 0.919 bits per heavy atom. The topological polar surface area (TPSA) is 50.5 Å². The highest BCUT2D eigenvalue weighted by atomic mass is 35.5. The van der Waals surface area contributed by atoms with E-state index in [9.17, 15) is 0 Å². The highest BCUT2D eigenvalue weighted by molar-refractivity contribution is 5.86. The number of aromatic nitrogens is 2. The number of benzene rings is 2. The van der Waals surface area contributed by atoms with Crippen molar-refractivity contribution in [2.45, 2.75) is 76.3 Å². The molecule has 37 heavy (non-hydrogen) atoms. The zero-order valence-corrected chi connectivity index (χ0v) is 24.3. The zero-order chi connectivity index (χ0) is 23.4. The van der Waals surface area contributed by atoms with Crippen LogP contribution < -0.4 is 4.74 Å². The van der Waals surface area contributed by atoms with Gasteiger partial charge >= 0.3 is 0 Å². The molecule has 3 aromatic rings. The van der Waals surface area contributed by atoms with E-state index in [1.54, 1.807) is 0 Å². The second-order valence-corrected chi connectivity index (χ2v) is 10.4. The van der Waals surface area contributed by atoms with E-state index in [0.29, 0.717) is 18.2 Å². The predicted octanol–water partition coefficient (Wildman–Crippen LogP) is 7.48. The first-order valence-corrected chi connectivity index (χ1v) is 13.2. The number of hydrogen-bond acceptors (Lipinski definition) is 4. The van der Waals surface area contributed by atoms with E-state index in [4.69, 9.17) is 14.8 Å². The molecule has 5 nitrogen and oxygen atoms in total. The first-order chi connectivity index (χ1) is 16.7. The second kappa shape index (κ2) is 14.6. The van der Waals surface area contributed by atoms with Gasteiger partial charge in [0, 0.05) is 30.2 Å². The van der Waals surface area contributed by atoms with Crippen LogP contribution in [0.5, 0.6) is 5.75 Å². The van der Waals surface area contributed by atoms with Crippen LogP contribution >= 0.6 is 37.2 Å². The molecule has 2 aromatic carbocycles. The highest BCUT2D eigenvalue weighted by Crippen LogP contribution is 2.38. The van der Waals surface area contributed by atoms with E-state index in [2.05, 4.69) is 52.8 Å². The van der Waals surface area contributed by atoms with Crippen molar-refractivity contribution in [1.82, 2.24) is 14.5 Å². The van der Waals surface area contributed by atoms with Crippen LogP contribution in [0.25, 0.3) is 22.4 Å². The summed E-state index contributed by atoms with van der Waals surface area (Å²) in [5.41, 5.74) is 3.70. The van der Waals surface area contributed by atoms with Crippen LogP contribution in [0, 0.1) is 0 Å². The smallest absolute Gasteiger partial charge is 0.141 e. The molecule has 0 bridgehead atoms. The first kappa shape index (κ1) is 31.7. The van der Waals surface area contributed by atoms with Crippen LogP contribution in [0.1, 0.15) is 70.8 Å². The maximum atomic E-state index is 9.14. The second-order valence-electron chi connectivity index (χ2n) is 10.4. The summed E-state index contributed by atoms with van der Waals surface area (Å²) in [6.07, 6.45) is 12.0. The average molecular weight is 571 g/mol. The quantitative estimate of drug-likeness (QED) is 0.334. The molecule has 8 heteroatoms. The number of piperidine rings is 1. The number of fused-ring (bicyclic) bond motifs is 1. The molecule has 1 saturated carbocycles. The van der Waals surface area contributed by atoms with Gasteiger partial charge in [-0.2, -0.15) is 0 Å². The number of rotatable bonds is 6. The molecule has 0 radical (unpaired) electrons. The standard InChI is InChI=1S/C29H39N3O2.3ClH/c1-29(16-7-3-2-4-8-17-29)31-18-14-24(15-19-31)32-27-13-6-5-12-26(27)30-28(32)23-10-9-11-25(22-23)34-21-20-33;;;/h5-6,9-13,22,24,33H,2-4,7-8,14-21H2,1H3;3*1H. The van der Waals surface area contributed by atoms with Gasteiger partial charge in [0.25, 0.3) is 0 Å². The third kappa shape index (κ3) is 7.13. The molecular formula is C29H42Cl3N3O2. The Labute approximate surface area is 240 Å². The lowest BCUT2D eigenvalue weighted by atomic mass is 9.82. The molecule has 1 aromatic heterocycles. The monoisotopic (exact) mass is 569 g/mol. The SMILES string of the molecule is CC1(N2CCC(n3c(-c4cccc(OCCO)c4)nc4ccccc43)CC2)CCCCCCC1.Cl.Cl.Cl. The Morgan fingerprint density at radius 2 is 1.59 bits per heavy atom. The van der Waals surface area contributed by atoms with Crippen LogP contribution in [-0.4, -0.2) is 51.4 Å². The largest absolute Gasteiger partial charge is 0.491 e. The summed E-state index contributed by atoms with van der Waals surface area (Å²) in [4.78, 5) is 7.87. The minimum absolute atomic E-state index is 0. The van der Waals surface area contributed by atoms with Crippen molar-refractivity contribution in [3.63, 3.8) is 0 Å². The lowest BCUT2D eigenvalue weighted by molar-refractivity contribution is 0.0443. The van der Waals surface area contributed by atoms with Gasteiger partial charge in [-0.1, -0.05) is 56.4 Å². The molecular weight excluding hydrogens is 529 g/mol. The number of aliphatic hydroxyl groups is 1. The molecule has 0 spiro atoms. The predicted molar refractivity (Wildman–Crippen MR) is 160 cm³/mol. The van der Waals surface area contributed by atoms with Crippen molar-refractivity contribution in [1.29, 1.82) is 0 Å². The summed E-state index contributed by atoms with van der Waals surface area (Å²) in [5.74, 6) is 1.79. The van der Waals surface area contributed by atoms with Crippen molar-refractivity contribution >= 4 is 48.3 Å². The summed E-state index contributed by atoms with van der Waals surface area (Å²) < 4.78 is 8.18. The summed E-state index contributed by atoms with van der Waals surface area (Å²) >= 11 is 0. The van der Waals surface area contributed by atoms with E-state index < -0.39 is 0 Å². The summed E-state index contributed by atoms with van der Waals surface area (Å²) in [6, 6.07) is 17.1. The van der Waals surface area contributed by atoms with E-state index in [1.807, 2.05) is 12.1 Å². The average Bonchev–Trinajstić information content (AvgIpc) is 3.25. The van der Waals surface area contributed by atoms with Crippen LogP contribution in [-0.2, 0) is 0 Å². The van der Waals surface area contributed by atoms with E-state index in [1.165, 1.54) is 50.5 Å². The molecule has 2 heterocycles. The van der Waals surface area contributed by atoms with E-state index in [0.717, 1.165) is 48.6 Å². The number of nitrogens with zero attached hydrogens (tertiary/aromatic N) is 3. The van der Waals surface area contributed by atoms with Crippen molar-refractivity contribution < 1.29 is 9.84 Å². The van der Waals surface area contributed by atoms with Crippen molar-refractivity contribution in [3.8, 4) is 17.1 Å². The van der Waals surface area contributed by atoms with Gasteiger partial charge in [-0.25, -0.2) is 4.98 Å². The number of halogens is 3.